The molecular weight excluding hydrogens is 298 g/mol. The van der Waals surface area contributed by atoms with Gasteiger partial charge in [-0.3, -0.25) is 4.79 Å². The molecule has 0 fully saturated rings. The van der Waals surface area contributed by atoms with Crippen LogP contribution in [0.25, 0.3) is 0 Å². The first-order valence-electron chi connectivity index (χ1n) is 7.34. The van der Waals surface area contributed by atoms with Gasteiger partial charge >= 0.3 is 0 Å². The lowest BCUT2D eigenvalue weighted by Crippen LogP contribution is -2.36. The Hall–Kier alpha value is -2.00. The van der Waals surface area contributed by atoms with E-state index in [9.17, 15) is 4.79 Å². The molecule has 0 bridgehead atoms. The van der Waals surface area contributed by atoms with Crippen molar-refractivity contribution in [1.82, 2.24) is 4.90 Å². The quantitative estimate of drug-likeness (QED) is 0.868. The second-order valence-electron chi connectivity index (χ2n) is 5.47. The minimum atomic E-state index is 0.107. The average Bonchev–Trinajstić information content (AvgIpc) is 2.54. The molecule has 3 rings (SSSR count). The first-order valence-corrected chi connectivity index (χ1v) is 7.72. The van der Waals surface area contributed by atoms with E-state index >= 15 is 0 Å². The zero-order valence-corrected chi connectivity index (χ0v) is 13.3. The highest BCUT2D eigenvalue weighted by atomic mass is 35.5. The lowest BCUT2D eigenvalue weighted by atomic mass is 9.99. The van der Waals surface area contributed by atoms with Crippen LogP contribution in [0.4, 0.5) is 0 Å². The van der Waals surface area contributed by atoms with Crippen molar-refractivity contribution in [3.05, 3.63) is 64.2 Å². The van der Waals surface area contributed by atoms with Crippen molar-refractivity contribution < 1.29 is 9.53 Å². The van der Waals surface area contributed by atoms with E-state index in [1.165, 1.54) is 11.1 Å². The Morgan fingerprint density at radius 2 is 2.00 bits per heavy atom. The van der Waals surface area contributed by atoms with Crippen LogP contribution in [0.3, 0.4) is 0 Å². The summed E-state index contributed by atoms with van der Waals surface area (Å²) in [7, 11) is 1.61. The van der Waals surface area contributed by atoms with E-state index in [0.29, 0.717) is 23.7 Å². The van der Waals surface area contributed by atoms with E-state index in [0.717, 1.165) is 18.5 Å². The summed E-state index contributed by atoms with van der Waals surface area (Å²) < 4.78 is 5.32. The summed E-state index contributed by atoms with van der Waals surface area (Å²) in [6.07, 6.45) is 1.22. The third-order valence-electron chi connectivity index (χ3n) is 4.07. The van der Waals surface area contributed by atoms with Gasteiger partial charge in [-0.05, 0) is 35.7 Å². The Labute approximate surface area is 135 Å². The summed E-state index contributed by atoms with van der Waals surface area (Å²) >= 11 is 6.03. The molecule has 3 nitrogen and oxygen atoms in total. The molecular formula is C18H18ClNO2. The molecule has 0 radical (unpaired) electrons. The van der Waals surface area contributed by atoms with Gasteiger partial charge in [-0.1, -0.05) is 35.9 Å². The Morgan fingerprint density at radius 1 is 1.23 bits per heavy atom. The molecule has 22 heavy (non-hydrogen) atoms. The van der Waals surface area contributed by atoms with E-state index in [1.54, 1.807) is 25.3 Å². The fraction of sp³-hybridized carbons (Fsp3) is 0.278. The molecule has 0 saturated heterocycles. The number of halogens is 1. The van der Waals surface area contributed by atoms with Crippen LogP contribution in [0.5, 0.6) is 5.75 Å². The number of benzene rings is 2. The van der Waals surface area contributed by atoms with Crippen molar-refractivity contribution in [3.63, 3.8) is 0 Å². The molecule has 0 aliphatic carbocycles. The van der Waals surface area contributed by atoms with Gasteiger partial charge in [0.2, 0.25) is 5.91 Å². The second-order valence-corrected chi connectivity index (χ2v) is 5.90. The van der Waals surface area contributed by atoms with Crippen molar-refractivity contribution >= 4 is 17.5 Å². The molecule has 0 spiro atoms. The van der Waals surface area contributed by atoms with Gasteiger partial charge in [0.25, 0.3) is 0 Å². The molecule has 0 saturated carbocycles. The van der Waals surface area contributed by atoms with Gasteiger partial charge in [0.05, 0.1) is 13.5 Å². The zero-order chi connectivity index (χ0) is 15.5. The van der Waals surface area contributed by atoms with Crippen molar-refractivity contribution in [2.45, 2.75) is 19.4 Å². The molecule has 1 amide bonds. The zero-order valence-electron chi connectivity index (χ0n) is 12.5. The van der Waals surface area contributed by atoms with Gasteiger partial charge in [-0.2, -0.15) is 0 Å². The highest BCUT2D eigenvalue weighted by molar-refractivity contribution is 6.30. The maximum absolute atomic E-state index is 12.6. The van der Waals surface area contributed by atoms with Gasteiger partial charge in [-0.25, -0.2) is 0 Å². The van der Waals surface area contributed by atoms with E-state index in [-0.39, 0.29) is 5.91 Å². The highest BCUT2D eigenvalue weighted by Crippen LogP contribution is 2.25. The number of carbonyl (C=O) groups excluding carboxylic acids is 1. The third-order valence-corrected chi connectivity index (χ3v) is 4.30. The number of rotatable bonds is 3. The first-order chi connectivity index (χ1) is 10.7. The molecule has 0 atom stereocenters. The topological polar surface area (TPSA) is 29.5 Å². The van der Waals surface area contributed by atoms with E-state index in [1.807, 2.05) is 17.0 Å². The monoisotopic (exact) mass is 315 g/mol. The molecule has 1 aliphatic rings. The smallest absolute Gasteiger partial charge is 0.227 e. The number of hydrogen-bond acceptors (Lipinski definition) is 2. The van der Waals surface area contributed by atoms with Crippen LogP contribution < -0.4 is 4.74 Å². The standard InChI is InChI=1S/C18H18ClNO2/c1-22-17-7-6-16(19)10-15(17)11-18(21)20-9-8-13-4-2-3-5-14(13)12-20/h2-7,10H,8-9,11-12H2,1H3. The summed E-state index contributed by atoms with van der Waals surface area (Å²) in [6.45, 7) is 1.44. The predicted molar refractivity (Wildman–Crippen MR) is 87.3 cm³/mol. The molecule has 1 aliphatic heterocycles. The number of ether oxygens (including phenoxy) is 1. The average molecular weight is 316 g/mol. The van der Waals surface area contributed by atoms with Crippen molar-refractivity contribution in [1.29, 1.82) is 0 Å². The maximum Gasteiger partial charge on any atom is 0.227 e. The second kappa shape index (κ2) is 6.41. The maximum atomic E-state index is 12.6. The summed E-state index contributed by atoms with van der Waals surface area (Å²) in [4.78, 5) is 14.5. The van der Waals surface area contributed by atoms with E-state index in [4.69, 9.17) is 16.3 Å². The molecule has 114 valence electrons. The van der Waals surface area contributed by atoms with Gasteiger partial charge < -0.3 is 9.64 Å². The van der Waals surface area contributed by atoms with Crippen molar-refractivity contribution in [2.75, 3.05) is 13.7 Å². The Morgan fingerprint density at radius 3 is 2.77 bits per heavy atom. The Bertz CT molecular complexity index is 699. The van der Waals surface area contributed by atoms with Crippen molar-refractivity contribution in [3.8, 4) is 5.75 Å². The molecule has 0 aromatic heterocycles. The molecule has 4 heteroatoms. The number of nitrogens with zero attached hydrogens (tertiary/aromatic N) is 1. The minimum Gasteiger partial charge on any atom is -0.496 e. The summed E-state index contributed by atoms with van der Waals surface area (Å²) in [5, 5.41) is 0.618. The van der Waals surface area contributed by atoms with Gasteiger partial charge in [0.15, 0.2) is 0 Å². The lowest BCUT2D eigenvalue weighted by Gasteiger charge is -2.29. The first kappa shape index (κ1) is 14.9. The van der Waals surface area contributed by atoms with Crippen LogP contribution in [0.2, 0.25) is 5.02 Å². The minimum absolute atomic E-state index is 0.107. The van der Waals surface area contributed by atoms with Crippen LogP contribution >= 0.6 is 11.6 Å². The largest absolute Gasteiger partial charge is 0.496 e. The van der Waals surface area contributed by atoms with Gasteiger partial charge in [0, 0.05) is 23.7 Å². The fourth-order valence-corrected chi connectivity index (χ4v) is 3.06. The normalized spacial score (nSPS) is 13.6. The van der Waals surface area contributed by atoms with Crippen LogP contribution in [-0.2, 0) is 24.2 Å². The summed E-state index contributed by atoms with van der Waals surface area (Å²) in [5.74, 6) is 0.810. The number of amides is 1. The van der Waals surface area contributed by atoms with Gasteiger partial charge in [0.1, 0.15) is 5.75 Å². The highest BCUT2D eigenvalue weighted by Gasteiger charge is 2.21. The lowest BCUT2D eigenvalue weighted by molar-refractivity contribution is -0.131. The molecule has 2 aromatic carbocycles. The van der Waals surface area contributed by atoms with Gasteiger partial charge in [-0.15, -0.1) is 0 Å². The van der Waals surface area contributed by atoms with E-state index in [2.05, 4.69) is 12.1 Å². The number of carbonyl (C=O) groups is 1. The number of fused-ring (bicyclic) bond motifs is 1. The molecule has 0 unspecified atom stereocenters. The molecule has 0 N–H and O–H groups in total. The van der Waals surface area contributed by atoms with Crippen LogP contribution in [0.15, 0.2) is 42.5 Å². The van der Waals surface area contributed by atoms with E-state index < -0.39 is 0 Å². The molecule has 2 aromatic rings. The predicted octanol–water partition coefficient (Wildman–Crippen LogP) is 3.48. The number of hydrogen-bond donors (Lipinski definition) is 0. The van der Waals surface area contributed by atoms with Crippen molar-refractivity contribution in [2.24, 2.45) is 0 Å². The SMILES string of the molecule is COc1ccc(Cl)cc1CC(=O)N1CCc2ccccc2C1. The summed E-state index contributed by atoms with van der Waals surface area (Å²) in [5.41, 5.74) is 3.41. The third kappa shape index (κ3) is 3.09. The molecule has 1 heterocycles. The summed E-state index contributed by atoms with van der Waals surface area (Å²) in [6, 6.07) is 13.7. The fourth-order valence-electron chi connectivity index (χ4n) is 2.87. The Balaban J connectivity index is 1.75. The number of methoxy groups -OCH3 is 1. The van der Waals surface area contributed by atoms with Crippen LogP contribution in [0, 0.1) is 0 Å². The van der Waals surface area contributed by atoms with Crippen LogP contribution in [0.1, 0.15) is 16.7 Å². The Kier molecular flexibility index (Phi) is 4.34. The van der Waals surface area contributed by atoms with Crippen LogP contribution in [-0.4, -0.2) is 24.5 Å².